The second-order valence-electron chi connectivity index (χ2n) is 10.4. The molecule has 0 aromatic heterocycles. The number of benzene rings is 3. The number of amides is 2. The van der Waals surface area contributed by atoms with Gasteiger partial charge in [-0.05, 0) is 42.5 Å². The maximum Gasteiger partial charge on any atom is 0.288 e. The van der Waals surface area contributed by atoms with Crippen LogP contribution in [0.2, 0.25) is 15.1 Å². The van der Waals surface area contributed by atoms with E-state index < -0.39 is 15.7 Å². The fraction of sp³-hybridized carbons (Fsp3) is 0.333. The number of nitrogens with zero attached hydrogens (tertiary/aromatic N) is 6. The lowest BCUT2D eigenvalue weighted by atomic mass is 10.2. The third kappa shape index (κ3) is 10.6. The van der Waals surface area contributed by atoms with Crippen molar-refractivity contribution in [3.05, 3.63) is 95.7 Å². The zero-order chi connectivity index (χ0) is 34.8. The third-order valence-electron chi connectivity index (χ3n) is 7.40. The Morgan fingerprint density at radius 3 is 1.40 bits per heavy atom. The molecule has 3 aromatic rings. The van der Waals surface area contributed by atoms with Crippen molar-refractivity contribution < 1.29 is 23.8 Å². The van der Waals surface area contributed by atoms with Gasteiger partial charge in [-0.15, -0.1) is 0 Å². The van der Waals surface area contributed by atoms with Gasteiger partial charge in [0.2, 0.25) is 11.8 Å². The van der Waals surface area contributed by atoms with Crippen LogP contribution in [0.5, 0.6) is 0 Å². The molecule has 252 valence electrons. The fourth-order valence-corrected chi connectivity index (χ4v) is 5.40. The van der Waals surface area contributed by atoms with Crippen LogP contribution in [-0.4, -0.2) is 83.8 Å². The number of rotatable bonds is 4. The Morgan fingerprint density at radius 1 is 0.660 bits per heavy atom. The first-order valence-electron chi connectivity index (χ1n) is 14.3. The van der Waals surface area contributed by atoms with E-state index in [2.05, 4.69) is 9.80 Å². The molecular weight excluding hydrogens is 680 g/mol. The fourth-order valence-electron chi connectivity index (χ4n) is 4.74. The van der Waals surface area contributed by atoms with E-state index >= 15 is 0 Å². The van der Waals surface area contributed by atoms with Gasteiger partial charge in [-0.2, -0.15) is 0 Å². The van der Waals surface area contributed by atoms with E-state index in [1.165, 1.54) is 6.07 Å². The largest absolute Gasteiger partial charge is 0.398 e. The molecule has 0 bridgehead atoms. The van der Waals surface area contributed by atoms with Crippen molar-refractivity contribution >= 4 is 75.1 Å². The molecule has 17 heteroatoms. The van der Waals surface area contributed by atoms with Crippen LogP contribution < -0.4 is 15.5 Å². The summed E-state index contributed by atoms with van der Waals surface area (Å²) in [5.74, 6) is -0.373. The van der Waals surface area contributed by atoms with Gasteiger partial charge in [0.05, 0.1) is 20.6 Å². The molecule has 0 atom stereocenters. The molecule has 2 aliphatic rings. The summed E-state index contributed by atoms with van der Waals surface area (Å²) in [5.41, 5.74) is 7.81. The molecule has 13 nitrogen and oxygen atoms in total. The highest BCUT2D eigenvalue weighted by Crippen LogP contribution is 2.30. The van der Waals surface area contributed by atoms with Gasteiger partial charge in [0.15, 0.2) is 0 Å². The first-order chi connectivity index (χ1) is 22.2. The first kappa shape index (κ1) is 37.1. The average molecular weight is 713 g/mol. The van der Waals surface area contributed by atoms with Crippen molar-refractivity contribution in [1.82, 2.24) is 9.80 Å². The van der Waals surface area contributed by atoms with E-state index in [4.69, 9.17) is 40.5 Å². The van der Waals surface area contributed by atoms with Crippen LogP contribution in [0.3, 0.4) is 0 Å². The van der Waals surface area contributed by atoms with E-state index in [1.807, 2.05) is 23.1 Å². The van der Waals surface area contributed by atoms with Crippen molar-refractivity contribution in [2.45, 2.75) is 13.8 Å². The predicted molar refractivity (Wildman–Crippen MR) is 181 cm³/mol. The highest BCUT2D eigenvalue weighted by Gasteiger charge is 2.21. The summed E-state index contributed by atoms with van der Waals surface area (Å²) in [6.07, 6.45) is 0. The van der Waals surface area contributed by atoms with Crippen LogP contribution in [0.4, 0.5) is 32.8 Å². The molecule has 2 saturated heterocycles. The zero-order valence-corrected chi connectivity index (χ0v) is 27.8. The molecule has 0 aliphatic carbocycles. The van der Waals surface area contributed by atoms with Crippen molar-refractivity contribution in [1.29, 1.82) is 0 Å². The minimum absolute atomic E-state index is 0.0707. The summed E-state index contributed by atoms with van der Waals surface area (Å²) in [6.45, 7) is 9.07. The Hall–Kier alpha value is -4.40. The Kier molecular flexibility index (Phi) is 13.4. The first-order valence-corrected chi connectivity index (χ1v) is 15.4. The van der Waals surface area contributed by atoms with E-state index in [0.717, 1.165) is 55.8 Å². The minimum Gasteiger partial charge on any atom is -0.398 e. The summed E-state index contributed by atoms with van der Waals surface area (Å²) in [7, 11) is 0. The molecule has 2 heterocycles. The number of hydrogen-bond donors (Lipinski definition) is 1. The maximum atomic E-state index is 12.3. The highest BCUT2D eigenvalue weighted by molar-refractivity contribution is 6.33. The lowest BCUT2D eigenvalue weighted by molar-refractivity contribution is -0.384. The summed E-state index contributed by atoms with van der Waals surface area (Å²) >= 11 is 17.2. The molecule has 5 rings (SSSR count). The highest BCUT2D eigenvalue weighted by atomic mass is 35.5. The van der Waals surface area contributed by atoms with Crippen LogP contribution in [0.15, 0.2) is 54.6 Å². The quantitative estimate of drug-likeness (QED) is 0.198. The van der Waals surface area contributed by atoms with Gasteiger partial charge in [-0.1, -0.05) is 34.8 Å². The third-order valence-corrected chi connectivity index (χ3v) is 8.33. The molecule has 0 radical (unpaired) electrons. The number of carbonyl (C=O) groups is 2. The topological polar surface area (TPSA) is 159 Å². The van der Waals surface area contributed by atoms with Gasteiger partial charge >= 0.3 is 0 Å². The molecule has 47 heavy (non-hydrogen) atoms. The standard InChI is InChI=1S/C12H14ClN3O3.C12H16ClN3O.C6H3ClFNO2/c1-9(17)14-4-6-15(7-5-14)10-2-3-12(16(18)19)11(13)8-10;1-9(17)15-4-6-16(7-5-15)10-2-3-12(14)11(13)8-10;7-5-3-4(8)1-2-6(5)9(10)11/h2-3,8H,4-7H2,1H3;2-3,8H,4-7,14H2,1H3;1-3H. The summed E-state index contributed by atoms with van der Waals surface area (Å²) in [6, 6.07) is 13.3. The van der Waals surface area contributed by atoms with Crippen molar-refractivity contribution in [3.63, 3.8) is 0 Å². The molecule has 0 saturated carbocycles. The summed E-state index contributed by atoms with van der Waals surface area (Å²) in [5, 5.41) is 21.4. The van der Waals surface area contributed by atoms with Crippen molar-refractivity contribution in [3.8, 4) is 0 Å². The molecule has 2 amide bonds. The number of hydrogen-bond acceptors (Lipinski definition) is 9. The Labute approximate surface area is 285 Å². The van der Waals surface area contributed by atoms with Gasteiger partial charge < -0.3 is 25.3 Å². The lowest BCUT2D eigenvalue weighted by Gasteiger charge is -2.35. The van der Waals surface area contributed by atoms with Crippen molar-refractivity contribution in [2.24, 2.45) is 0 Å². The number of nitro groups is 2. The van der Waals surface area contributed by atoms with E-state index in [9.17, 15) is 34.2 Å². The Balaban J connectivity index is 0.000000198. The van der Waals surface area contributed by atoms with Crippen LogP contribution in [0.1, 0.15) is 13.8 Å². The average Bonchev–Trinajstić information content (AvgIpc) is 3.02. The SMILES string of the molecule is CC(=O)N1CCN(c2ccc(N)c(Cl)c2)CC1.CC(=O)N1CCN(c2ccc([N+](=O)[O-])c(Cl)c2)CC1.O=[N+]([O-])c1ccc(F)cc1Cl. The van der Waals surface area contributed by atoms with Crippen LogP contribution in [0, 0.1) is 26.0 Å². The number of nitro benzene ring substituents is 2. The maximum absolute atomic E-state index is 12.3. The summed E-state index contributed by atoms with van der Waals surface area (Å²) in [4.78, 5) is 50.0. The Morgan fingerprint density at radius 2 is 1.04 bits per heavy atom. The molecule has 2 N–H and O–H groups in total. The van der Waals surface area contributed by atoms with Gasteiger partial charge in [0.1, 0.15) is 15.9 Å². The van der Waals surface area contributed by atoms with Crippen LogP contribution in [0.25, 0.3) is 0 Å². The molecule has 2 fully saturated rings. The zero-order valence-electron chi connectivity index (χ0n) is 25.6. The number of nitrogen functional groups attached to an aromatic ring is 1. The number of piperazine rings is 2. The molecule has 0 unspecified atom stereocenters. The predicted octanol–water partition coefficient (Wildman–Crippen LogP) is 5.89. The van der Waals surface area contributed by atoms with Crippen molar-refractivity contribution in [2.75, 3.05) is 67.9 Å². The number of halogens is 4. The van der Waals surface area contributed by atoms with Crippen LogP contribution in [-0.2, 0) is 9.59 Å². The minimum atomic E-state index is -0.665. The van der Waals surface area contributed by atoms with E-state index in [-0.39, 0.29) is 33.2 Å². The number of anilines is 3. The van der Waals surface area contributed by atoms with E-state index in [1.54, 1.807) is 30.9 Å². The Bertz CT molecular complexity index is 1620. The number of nitrogens with two attached hydrogens (primary N) is 1. The van der Waals surface area contributed by atoms with Gasteiger partial charge in [0.25, 0.3) is 11.4 Å². The molecule has 2 aliphatic heterocycles. The lowest BCUT2D eigenvalue weighted by Crippen LogP contribution is -2.48. The van der Waals surface area contributed by atoms with E-state index in [0.29, 0.717) is 36.9 Å². The molecule has 0 spiro atoms. The van der Waals surface area contributed by atoms with Crippen LogP contribution >= 0.6 is 34.8 Å². The van der Waals surface area contributed by atoms with Gasteiger partial charge in [0, 0.05) is 89.7 Å². The number of carbonyl (C=O) groups excluding carboxylic acids is 2. The molecule has 3 aromatic carbocycles. The van der Waals surface area contributed by atoms with Gasteiger partial charge in [-0.3, -0.25) is 29.8 Å². The summed E-state index contributed by atoms with van der Waals surface area (Å²) < 4.78 is 12.3. The monoisotopic (exact) mass is 711 g/mol. The second kappa shape index (κ2) is 17.0. The smallest absolute Gasteiger partial charge is 0.288 e. The van der Waals surface area contributed by atoms with Gasteiger partial charge in [-0.25, -0.2) is 4.39 Å². The normalized spacial score (nSPS) is 14.3. The second-order valence-corrected chi connectivity index (χ2v) is 11.7. The molecular formula is C30H33Cl3FN7O6.